The van der Waals surface area contributed by atoms with Gasteiger partial charge in [0.15, 0.2) is 0 Å². The van der Waals surface area contributed by atoms with Gasteiger partial charge in [-0.2, -0.15) is 0 Å². The van der Waals surface area contributed by atoms with E-state index in [0.717, 1.165) is 34.5 Å². The van der Waals surface area contributed by atoms with Crippen LogP contribution in [0.15, 0.2) is 97.1 Å². The maximum atomic E-state index is 6.13. The van der Waals surface area contributed by atoms with E-state index in [4.69, 9.17) is 9.47 Å². The largest absolute Gasteiger partial charge is 0.497 e. The van der Waals surface area contributed by atoms with Gasteiger partial charge in [-0.05, 0) is 78.4 Å². The Labute approximate surface area is 217 Å². The average molecular weight is 562 g/mol. The van der Waals surface area contributed by atoms with Gasteiger partial charge in [-0.1, -0.05) is 95.7 Å². The Hall–Kier alpha value is -2.79. The van der Waals surface area contributed by atoms with Gasteiger partial charge in [-0.3, -0.25) is 0 Å². The third-order valence-electron chi connectivity index (χ3n) is 6.47. The lowest BCUT2D eigenvalue weighted by Crippen LogP contribution is -2.25. The predicted molar refractivity (Wildman–Crippen MR) is 150 cm³/mol. The number of ether oxygens (including phenoxy) is 2. The van der Waals surface area contributed by atoms with Crippen molar-refractivity contribution in [2.24, 2.45) is 0 Å². The maximum Gasteiger partial charge on any atom is 0.127 e. The number of rotatable bonds is 9. The highest BCUT2D eigenvalue weighted by atomic mass is 127. The van der Waals surface area contributed by atoms with Crippen LogP contribution in [0.4, 0.5) is 0 Å². The van der Waals surface area contributed by atoms with E-state index in [1.54, 1.807) is 7.11 Å². The summed E-state index contributed by atoms with van der Waals surface area (Å²) < 4.78 is 12.4. The van der Waals surface area contributed by atoms with Gasteiger partial charge in [-0.25, -0.2) is 0 Å². The summed E-state index contributed by atoms with van der Waals surface area (Å²) in [5.74, 6) is 2.61. The van der Waals surface area contributed by atoms with Crippen LogP contribution in [0.2, 0.25) is 0 Å². The average Bonchev–Trinajstić information content (AvgIpc) is 2.89. The molecule has 174 valence electrons. The molecule has 0 radical (unpaired) electrons. The van der Waals surface area contributed by atoms with E-state index >= 15 is 0 Å². The first-order chi connectivity index (χ1) is 16.5. The first-order valence-corrected chi connectivity index (χ1v) is 13.2. The minimum absolute atomic E-state index is 0.0294. The molecule has 0 N–H and O–H groups in total. The number of hydrogen-bond acceptors (Lipinski definition) is 2. The smallest absolute Gasteiger partial charge is 0.127 e. The summed E-state index contributed by atoms with van der Waals surface area (Å²) in [6.07, 6.45) is 2.00. The molecule has 2 nitrogen and oxygen atoms in total. The van der Waals surface area contributed by atoms with Crippen LogP contribution in [0.3, 0.4) is 0 Å². The Morgan fingerprint density at radius 3 is 1.47 bits per heavy atom. The summed E-state index contributed by atoms with van der Waals surface area (Å²) in [7, 11) is 1.69. The van der Waals surface area contributed by atoms with Crippen LogP contribution in [0.1, 0.15) is 34.7 Å². The molecular weight excluding hydrogens is 531 g/mol. The second-order valence-corrected chi connectivity index (χ2v) is 9.71. The minimum atomic E-state index is -0.0294. The second kappa shape index (κ2) is 11.1. The van der Waals surface area contributed by atoms with Crippen LogP contribution in [-0.4, -0.2) is 11.5 Å². The molecule has 0 aliphatic carbocycles. The number of benzene rings is 4. The Morgan fingerprint density at radius 2 is 1.03 bits per heavy atom. The zero-order chi connectivity index (χ0) is 24.0. The van der Waals surface area contributed by atoms with Crippen molar-refractivity contribution in [2.45, 2.75) is 32.1 Å². The molecule has 0 aromatic heterocycles. The molecule has 0 fully saturated rings. The number of hydrogen-bond donors (Lipinski definition) is 0. The fourth-order valence-corrected chi connectivity index (χ4v) is 4.96. The molecule has 1 unspecified atom stereocenters. The van der Waals surface area contributed by atoms with Crippen molar-refractivity contribution in [3.63, 3.8) is 0 Å². The van der Waals surface area contributed by atoms with Crippen molar-refractivity contribution in [1.29, 1.82) is 0 Å². The van der Waals surface area contributed by atoms with Crippen LogP contribution in [0.5, 0.6) is 17.2 Å². The topological polar surface area (TPSA) is 18.5 Å². The zero-order valence-corrected chi connectivity index (χ0v) is 22.2. The molecule has 1 atom stereocenters. The summed E-state index contributed by atoms with van der Waals surface area (Å²) in [6, 6.07) is 34.1. The molecule has 4 rings (SSSR count). The quantitative estimate of drug-likeness (QED) is 0.151. The minimum Gasteiger partial charge on any atom is -0.497 e. The monoisotopic (exact) mass is 562 g/mol. The van der Waals surface area contributed by atoms with Crippen molar-refractivity contribution in [3.8, 4) is 17.2 Å². The van der Waals surface area contributed by atoms with Crippen LogP contribution < -0.4 is 9.47 Å². The highest BCUT2D eigenvalue weighted by Crippen LogP contribution is 2.35. The van der Waals surface area contributed by atoms with Crippen LogP contribution in [-0.2, 0) is 18.3 Å². The van der Waals surface area contributed by atoms with Gasteiger partial charge in [0.2, 0.25) is 0 Å². The fourth-order valence-electron chi connectivity index (χ4n) is 4.07. The van der Waals surface area contributed by atoms with Gasteiger partial charge in [-0.15, -0.1) is 0 Å². The van der Waals surface area contributed by atoms with Crippen molar-refractivity contribution >= 4 is 22.6 Å². The highest BCUT2D eigenvalue weighted by molar-refractivity contribution is 14.1. The van der Waals surface area contributed by atoms with E-state index in [1.807, 2.05) is 12.1 Å². The summed E-state index contributed by atoms with van der Waals surface area (Å²) in [4.78, 5) is 0. The third kappa shape index (κ3) is 5.82. The molecule has 0 spiro atoms. The van der Waals surface area contributed by atoms with Gasteiger partial charge in [0.05, 0.1) is 7.11 Å². The number of aryl methyl sites for hydroxylation is 3. The molecule has 0 heterocycles. The molecule has 0 bridgehead atoms. The fraction of sp³-hybridized carbons (Fsp3) is 0.226. The van der Waals surface area contributed by atoms with E-state index in [0.29, 0.717) is 0 Å². The molecule has 4 aromatic carbocycles. The van der Waals surface area contributed by atoms with Gasteiger partial charge >= 0.3 is 0 Å². The molecule has 34 heavy (non-hydrogen) atoms. The van der Waals surface area contributed by atoms with Crippen molar-refractivity contribution in [2.75, 3.05) is 11.5 Å². The summed E-state index contributed by atoms with van der Waals surface area (Å²) in [5.41, 5.74) is 6.51. The second-order valence-electron chi connectivity index (χ2n) is 8.95. The Kier molecular flexibility index (Phi) is 7.94. The molecule has 0 aliphatic heterocycles. The molecule has 4 aromatic rings. The SMILES string of the molecule is COc1ccc(CCc2ccc(Oc3ccc(C(C)(CI)c4ccc(C)cc4)cc3)cc2)cc1. The van der Waals surface area contributed by atoms with E-state index in [9.17, 15) is 0 Å². The Balaban J connectivity index is 1.38. The van der Waals surface area contributed by atoms with Crippen molar-refractivity contribution in [3.05, 3.63) is 125 Å². The lowest BCUT2D eigenvalue weighted by molar-refractivity contribution is 0.414. The van der Waals surface area contributed by atoms with Crippen LogP contribution in [0, 0.1) is 6.92 Å². The third-order valence-corrected chi connectivity index (χ3v) is 7.99. The van der Waals surface area contributed by atoms with Crippen LogP contribution >= 0.6 is 22.6 Å². The van der Waals surface area contributed by atoms with Crippen molar-refractivity contribution in [1.82, 2.24) is 0 Å². The van der Waals surface area contributed by atoms with Crippen LogP contribution in [0.25, 0.3) is 0 Å². The Morgan fingerprint density at radius 1 is 0.618 bits per heavy atom. The van der Waals surface area contributed by atoms with Gasteiger partial charge < -0.3 is 9.47 Å². The number of alkyl halides is 1. The molecule has 3 heteroatoms. The van der Waals surface area contributed by atoms with E-state index in [2.05, 4.69) is 121 Å². The van der Waals surface area contributed by atoms with E-state index in [-0.39, 0.29) is 5.41 Å². The van der Waals surface area contributed by atoms with Gasteiger partial charge in [0, 0.05) is 9.84 Å². The lowest BCUT2D eigenvalue weighted by Gasteiger charge is -2.29. The zero-order valence-electron chi connectivity index (χ0n) is 20.1. The first-order valence-electron chi connectivity index (χ1n) is 11.6. The standard InChI is InChI=1S/C31H31IO2/c1-23-4-12-26(13-5-23)31(2,22-32)27-14-20-30(21-15-27)34-29-18-10-25(11-19-29)7-6-24-8-16-28(33-3)17-9-24/h4-5,8-21H,6-7,22H2,1-3H3. The van der Waals surface area contributed by atoms with Gasteiger partial charge in [0.1, 0.15) is 17.2 Å². The van der Waals surface area contributed by atoms with Gasteiger partial charge in [0.25, 0.3) is 0 Å². The van der Waals surface area contributed by atoms with E-state index < -0.39 is 0 Å². The predicted octanol–water partition coefficient (Wildman–Crippen LogP) is 8.32. The number of methoxy groups -OCH3 is 1. The van der Waals surface area contributed by atoms with Crippen molar-refractivity contribution < 1.29 is 9.47 Å². The number of halogens is 1. The first kappa shape index (κ1) is 24.3. The summed E-state index contributed by atoms with van der Waals surface area (Å²) >= 11 is 2.49. The molecular formula is C31H31IO2. The summed E-state index contributed by atoms with van der Waals surface area (Å²) in [5, 5.41) is 0. The van der Waals surface area contributed by atoms with E-state index in [1.165, 1.54) is 27.8 Å². The summed E-state index contributed by atoms with van der Waals surface area (Å²) in [6.45, 7) is 4.44. The molecule has 0 saturated carbocycles. The molecule has 0 aliphatic rings. The lowest BCUT2D eigenvalue weighted by atomic mass is 9.78. The maximum absolute atomic E-state index is 6.13. The molecule has 0 saturated heterocycles. The Bertz CT molecular complexity index is 1180. The normalized spacial score (nSPS) is 12.7. The molecule has 0 amide bonds. The highest BCUT2D eigenvalue weighted by Gasteiger charge is 2.27.